The van der Waals surface area contributed by atoms with Gasteiger partial charge in [-0.15, -0.1) is 0 Å². The second-order valence-electron chi connectivity index (χ2n) is 4.36. The fraction of sp³-hybridized carbons (Fsp3) is 0.667. The number of carbonyl (C=O) groups is 1. The average Bonchev–Trinajstić information content (AvgIpc) is 2.70. The molecule has 1 unspecified atom stereocenters. The van der Waals surface area contributed by atoms with Gasteiger partial charge in [0.05, 0.1) is 12.7 Å². The van der Waals surface area contributed by atoms with E-state index in [-0.39, 0.29) is 5.91 Å². The monoisotopic (exact) mass is 239 g/mol. The first-order valence-corrected chi connectivity index (χ1v) is 6.00. The molecule has 1 heterocycles. The minimum Gasteiger partial charge on any atom is -0.444 e. The molecule has 5 nitrogen and oxygen atoms in total. The molecule has 96 valence electrons. The summed E-state index contributed by atoms with van der Waals surface area (Å²) in [6.45, 7) is 4.97. The van der Waals surface area contributed by atoms with E-state index in [4.69, 9.17) is 10.2 Å². The van der Waals surface area contributed by atoms with Crippen LogP contribution in [0, 0.1) is 12.8 Å². The van der Waals surface area contributed by atoms with E-state index in [0.29, 0.717) is 31.3 Å². The van der Waals surface area contributed by atoms with Crippen molar-refractivity contribution in [1.82, 2.24) is 10.3 Å². The largest absolute Gasteiger partial charge is 0.444 e. The zero-order chi connectivity index (χ0) is 12.7. The molecule has 17 heavy (non-hydrogen) atoms. The summed E-state index contributed by atoms with van der Waals surface area (Å²) in [5, 5.41) is 2.78. The topological polar surface area (TPSA) is 81.2 Å². The number of hydrogen-bond acceptors (Lipinski definition) is 4. The number of aromatic nitrogens is 1. The number of nitrogens with zero attached hydrogens (tertiary/aromatic N) is 1. The molecule has 0 bridgehead atoms. The van der Waals surface area contributed by atoms with Gasteiger partial charge in [-0.2, -0.15) is 0 Å². The molecule has 1 aromatic rings. The number of oxazole rings is 1. The zero-order valence-electron chi connectivity index (χ0n) is 10.5. The lowest BCUT2D eigenvalue weighted by molar-refractivity contribution is -0.121. The molecule has 0 aromatic carbocycles. The Balaban J connectivity index is 2.17. The molecule has 1 amide bonds. The van der Waals surface area contributed by atoms with Crippen molar-refractivity contribution in [2.45, 2.75) is 39.7 Å². The summed E-state index contributed by atoms with van der Waals surface area (Å²) in [6.07, 6.45) is 4.01. The Morgan fingerprint density at radius 2 is 2.35 bits per heavy atom. The van der Waals surface area contributed by atoms with Crippen LogP contribution in [-0.4, -0.2) is 17.4 Å². The van der Waals surface area contributed by atoms with Crippen molar-refractivity contribution in [3.8, 4) is 0 Å². The van der Waals surface area contributed by atoms with Crippen LogP contribution in [-0.2, 0) is 11.3 Å². The SMILES string of the molecule is Cc1cnc(CNC(=O)CCC(C)CCN)o1. The highest BCUT2D eigenvalue weighted by molar-refractivity contribution is 5.75. The van der Waals surface area contributed by atoms with Crippen molar-refractivity contribution >= 4 is 5.91 Å². The standard InChI is InChI=1S/C12H21N3O2/c1-9(5-6-13)3-4-11(16)14-8-12-15-7-10(2)17-12/h7,9H,3-6,8,13H2,1-2H3,(H,14,16). The molecule has 0 radical (unpaired) electrons. The first kappa shape index (κ1) is 13.7. The van der Waals surface area contributed by atoms with Gasteiger partial charge in [-0.25, -0.2) is 4.98 Å². The Kier molecular flexibility index (Phi) is 5.69. The second-order valence-corrected chi connectivity index (χ2v) is 4.36. The predicted molar refractivity (Wildman–Crippen MR) is 65.2 cm³/mol. The summed E-state index contributed by atoms with van der Waals surface area (Å²) >= 11 is 0. The van der Waals surface area contributed by atoms with E-state index in [2.05, 4.69) is 17.2 Å². The van der Waals surface area contributed by atoms with Crippen LogP contribution in [0.1, 0.15) is 37.8 Å². The fourth-order valence-electron chi connectivity index (χ4n) is 1.55. The Hall–Kier alpha value is -1.36. The number of nitrogens with one attached hydrogen (secondary N) is 1. The van der Waals surface area contributed by atoms with E-state index in [1.54, 1.807) is 6.20 Å². The normalized spacial score (nSPS) is 12.4. The number of hydrogen-bond donors (Lipinski definition) is 2. The van der Waals surface area contributed by atoms with E-state index < -0.39 is 0 Å². The van der Waals surface area contributed by atoms with Crippen LogP contribution in [0.3, 0.4) is 0 Å². The van der Waals surface area contributed by atoms with Gasteiger partial charge in [0.25, 0.3) is 0 Å². The third-order valence-electron chi connectivity index (χ3n) is 2.63. The van der Waals surface area contributed by atoms with Crippen LogP contribution in [0.15, 0.2) is 10.6 Å². The first-order valence-electron chi connectivity index (χ1n) is 6.00. The van der Waals surface area contributed by atoms with Crippen LogP contribution < -0.4 is 11.1 Å². The van der Waals surface area contributed by atoms with Gasteiger partial charge >= 0.3 is 0 Å². The van der Waals surface area contributed by atoms with Gasteiger partial charge in [0, 0.05) is 6.42 Å². The maximum absolute atomic E-state index is 11.5. The minimum absolute atomic E-state index is 0.0322. The summed E-state index contributed by atoms with van der Waals surface area (Å²) < 4.78 is 5.26. The smallest absolute Gasteiger partial charge is 0.220 e. The fourth-order valence-corrected chi connectivity index (χ4v) is 1.55. The van der Waals surface area contributed by atoms with E-state index in [9.17, 15) is 4.79 Å². The highest BCUT2D eigenvalue weighted by atomic mass is 16.4. The van der Waals surface area contributed by atoms with Crippen molar-refractivity contribution in [1.29, 1.82) is 0 Å². The molecule has 1 aromatic heterocycles. The summed E-state index contributed by atoms with van der Waals surface area (Å²) in [5.74, 6) is 1.83. The number of carbonyl (C=O) groups excluding carboxylic acids is 1. The molecule has 0 aliphatic heterocycles. The van der Waals surface area contributed by atoms with Crippen LogP contribution in [0.5, 0.6) is 0 Å². The molecule has 1 atom stereocenters. The maximum Gasteiger partial charge on any atom is 0.220 e. The minimum atomic E-state index is 0.0322. The van der Waals surface area contributed by atoms with Gasteiger partial charge in [-0.3, -0.25) is 4.79 Å². The van der Waals surface area contributed by atoms with Crippen molar-refractivity contribution in [3.05, 3.63) is 17.8 Å². The van der Waals surface area contributed by atoms with E-state index in [1.165, 1.54) is 0 Å². The Morgan fingerprint density at radius 3 is 2.94 bits per heavy atom. The number of nitrogens with two attached hydrogens (primary N) is 1. The molecule has 0 fully saturated rings. The summed E-state index contributed by atoms with van der Waals surface area (Å²) in [7, 11) is 0. The van der Waals surface area contributed by atoms with E-state index in [0.717, 1.165) is 18.6 Å². The van der Waals surface area contributed by atoms with Gasteiger partial charge in [-0.1, -0.05) is 6.92 Å². The van der Waals surface area contributed by atoms with Crippen molar-refractivity contribution in [2.24, 2.45) is 11.7 Å². The molecule has 0 spiro atoms. The molecule has 0 aliphatic carbocycles. The molecule has 0 saturated heterocycles. The quantitative estimate of drug-likeness (QED) is 0.753. The Labute approximate surface area is 102 Å². The van der Waals surface area contributed by atoms with Crippen molar-refractivity contribution in [3.63, 3.8) is 0 Å². The molecule has 0 aliphatic rings. The molecule has 0 saturated carbocycles. The van der Waals surface area contributed by atoms with Gasteiger partial charge in [-0.05, 0) is 32.2 Å². The Bertz CT molecular complexity index is 349. The second kappa shape index (κ2) is 7.06. The lowest BCUT2D eigenvalue weighted by Gasteiger charge is -2.09. The molecule has 5 heteroatoms. The maximum atomic E-state index is 11.5. The van der Waals surface area contributed by atoms with E-state index >= 15 is 0 Å². The molecule has 1 rings (SSSR count). The average molecular weight is 239 g/mol. The molecular weight excluding hydrogens is 218 g/mol. The third kappa shape index (κ3) is 5.49. The number of rotatable bonds is 7. The predicted octanol–water partition coefficient (Wildman–Crippen LogP) is 1.36. The van der Waals surface area contributed by atoms with Crippen LogP contribution in [0.2, 0.25) is 0 Å². The van der Waals surface area contributed by atoms with Crippen molar-refractivity contribution < 1.29 is 9.21 Å². The lowest BCUT2D eigenvalue weighted by Crippen LogP contribution is -2.23. The Morgan fingerprint density at radius 1 is 1.59 bits per heavy atom. The van der Waals surface area contributed by atoms with Gasteiger partial charge < -0.3 is 15.5 Å². The first-order chi connectivity index (χ1) is 8.11. The molecular formula is C12H21N3O2. The lowest BCUT2D eigenvalue weighted by atomic mass is 10.0. The van der Waals surface area contributed by atoms with E-state index in [1.807, 2.05) is 6.92 Å². The summed E-state index contributed by atoms with van der Waals surface area (Å²) in [5.41, 5.74) is 5.45. The van der Waals surface area contributed by atoms with Gasteiger partial charge in [0.1, 0.15) is 5.76 Å². The molecule has 3 N–H and O–H groups in total. The van der Waals surface area contributed by atoms with Crippen LogP contribution >= 0.6 is 0 Å². The number of amides is 1. The zero-order valence-corrected chi connectivity index (χ0v) is 10.5. The highest BCUT2D eigenvalue weighted by Gasteiger charge is 2.07. The summed E-state index contributed by atoms with van der Waals surface area (Å²) in [6, 6.07) is 0. The third-order valence-corrected chi connectivity index (χ3v) is 2.63. The number of aryl methyl sites for hydroxylation is 1. The van der Waals surface area contributed by atoms with Gasteiger partial charge in [0.2, 0.25) is 11.8 Å². The highest BCUT2D eigenvalue weighted by Crippen LogP contribution is 2.09. The van der Waals surface area contributed by atoms with Gasteiger partial charge in [0.15, 0.2) is 0 Å². The van der Waals surface area contributed by atoms with Crippen LogP contribution in [0.4, 0.5) is 0 Å². The van der Waals surface area contributed by atoms with Crippen LogP contribution in [0.25, 0.3) is 0 Å². The van der Waals surface area contributed by atoms with Crippen molar-refractivity contribution in [2.75, 3.05) is 6.54 Å². The summed E-state index contributed by atoms with van der Waals surface area (Å²) in [4.78, 5) is 15.5.